The lowest BCUT2D eigenvalue weighted by atomic mass is 10.2. The van der Waals surface area contributed by atoms with Gasteiger partial charge in [0.2, 0.25) is 0 Å². The lowest BCUT2D eigenvalue weighted by molar-refractivity contribution is -0.144. The summed E-state index contributed by atoms with van der Waals surface area (Å²) in [4.78, 5) is 30.3. The molecule has 2 rings (SSSR count). The summed E-state index contributed by atoms with van der Waals surface area (Å²) in [5.41, 5.74) is 4.95. The zero-order chi connectivity index (χ0) is 12.3. The number of carboxylic acid groups (broad SMARTS) is 1. The van der Waals surface area contributed by atoms with E-state index in [-0.39, 0.29) is 0 Å². The lowest BCUT2D eigenvalue weighted by Gasteiger charge is -2.03. The van der Waals surface area contributed by atoms with Crippen molar-refractivity contribution in [2.75, 3.05) is 6.61 Å². The quantitative estimate of drug-likeness (QED) is 0.794. The maximum atomic E-state index is 11.5. The summed E-state index contributed by atoms with van der Waals surface area (Å²) in [7, 11) is 0. The number of aliphatic carboxylic acids is 1. The van der Waals surface area contributed by atoms with Crippen LogP contribution in [0.3, 0.4) is 0 Å². The molecule has 1 aromatic heterocycles. The molecule has 88 valence electrons. The van der Waals surface area contributed by atoms with Crippen molar-refractivity contribution < 1.29 is 19.5 Å². The number of fused-ring (bicyclic) bond motifs is 1. The maximum Gasteiger partial charge on any atom is 0.332 e. The molecule has 0 atom stereocenters. The van der Waals surface area contributed by atoms with Crippen LogP contribution < -0.4 is 5.48 Å². The third-order valence-corrected chi connectivity index (χ3v) is 2.75. The molecule has 2 N–H and O–H groups in total. The standard InChI is InChI=1S/C10H8N2O4S/c13-9(14)4-16-12-10(15)6-1-2-7-8(3-6)17-5-11-7/h1-3,5H,4H2,(H,12,15)(H,13,14). The lowest BCUT2D eigenvalue weighted by Crippen LogP contribution is -2.26. The fraction of sp³-hybridized carbons (Fsp3) is 0.100. The minimum absolute atomic E-state index is 0.395. The third kappa shape index (κ3) is 2.77. The van der Waals surface area contributed by atoms with Crippen molar-refractivity contribution in [3.63, 3.8) is 0 Å². The van der Waals surface area contributed by atoms with E-state index in [0.29, 0.717) is 5.56 Å². The van der Waals surface area contributed by atoms with E-state index in [2.05, 4.69) is 15.3 Å². The monoisotopic (exact) mass is 252 g/mol. The number of aromatic nitrogens is 1. The normalized spacial score (nSPS) is 10.4. The number of carbonyl (C=O) groups excluding carboxylic acids is 1. The van der Waals surface area contributed by atoms with Crippen LogP contribution in [0.25, 0.3) is 10.2 Å². The summed E-state index contributed by atoms with van der Waals surface area (Å²) in [5.74, 6) is -1.63. The number of rotatable bonds is 4. The van der Waals surface area contributed by atoms with Gasteiger partial charge in [0, 0.05) is 5.56 Å². The van der Waals surface area contributed by atoms with Crippen LogP contribution in [0.2, 0.25) is 0 Å². The van der Waals surface area contributed by atoms with E-state index in [4.69, 9.17) is 5.11 Å². The smallest absolute Gasteiger partial charge is 0.332 e. The zero-order valence-corrected chi connectivity index (χ0v) is 9.36. The number of nitrogens with one attached hydrogen (secondary N) is 1. The first-order chi connectivity index (χ1) is 8.16. The number of thiazole rings is 1. The molecule has 6 nitrogen and oxygen atoms in total. The molecule has 2 aromatic rings. The van der Waals surface area contributed by atoms with Gasteiger partial charge in [0.1, 0.15) is 0 Å². The van der Waals surface area contributed by atoms with E-state index < -0.39 is 18.5 Å². The largest absolute Gasteiger partial charge is 0.479 e. The second kappa shape index (κ2) is 4.89. The number of benzene rings is 1. The SMILES string of the molecule is O=C(O)CONC(=O)c1ccc2ncsc2c1. The number of carboxylic acids is 1. The molecule has 7 heteroatoms. The first kappa shape index (κ1) is 11.5. The molecule has 0 radical (unpaired) electrons. The average molecular weight is 252 g/mol. The Hall–Kier alpha value is -1.99. The Morgan fingerprint density at radius 1 is 1.47 bits per heavy atom. The topological polar surface area (TPSA) is 88.5 Å². The van der Waals surface area contributed by atoms with Crippen molar-refractivity contribution in [1.82, 2.24) is 10.5 Å². The first-order valence-corrected chi connectivity index (χ1v) is 5.52. The number of carbonyl (C=O) groups is 2. The molecule has 0 spiro atoms. The molecule has 1 amide bonds. The summed E-state index contributed by atoms with van der Waals surface area (Å²) >= 11 is 1.42. The van der Waals surface area contributed by atoms with Gasteiger partial charge in [0.25, 0.3) is 5.91 Å². The first-order valence-electron chi connectivity index (χ1n) is 4.64. The third-order valence-electron chi connectivity index (χ3n) is 1.95. The molecule has 0 unspecified atom stereocenters. The van der Waals surface area contributed by atoms with E-state index in [1.54, 1.807) is 23.7 Å². The fourth-order valence-electron chi connectivity index (χ4n) is 1.22. The van der Waals surface area contributed by atoms with E-state index >= 15 is 0 Å². The minimum atomic E-state index is -1.15. The molecule has 0 bridgehead atoms. The summed E-state index contributed by atoms with van der Waals surface area (Å²) < 4.78 is 0.885. The van der Waals surface area contributed by atoms with Gasteiger partial charge in [-0.1, -0.05) is 0 Å². The number of hydroxylamine groups is 1. The molecule has 1 aromatic carbocycles. The van der Waals surface area contributed by atoms with Gasteiger partial charge in [-0.2, -0.15) is 0 Å². The molecule has 0 aliphatic rings. The van der Waals surface area contributed by atoms with E-state index in [1.165, 1.54) is 11.3 Å². The average Bonchev–Trinajstić information content (AvgIpc) is 2.75. The van der Waals surface area contributed by atoms with Crippen molar-refractivity contribution in [1.29, 1.82) is 0 Å². The molecule has 17 heavy (non-hydrogen) atoms. The van der Waals surface area contributed by atoms with Crippen molar-refractivity contribution >= 4 is 33.4 Å². The van der Waals surface area contributed by atoms with Gasteiger partial charge in [0.05, 0.1) is 15.7 Å². The second-order valence-electron chi connectivity index (χ2n) is 3.15. The van der Waals surface area contributed by atoms with Gasteiger partial charge < -0.3 is 5.11 Å². The van der Waals surface area contributed by atoms with Crippen LogP contribution in [0.15, 0.2) is 23.7 Å². The van der Waals surface area contributed by atoms with Crippen molar-refractivity contribution in [3.05, 3.63) is 29.3 Å². The van der Waals surface area contributed by atoms with Crippen LogP contribution in [0.5, 0.6) is 0 Å². The Morgan fingerprint density at radius 2 is 2.29 bits per heavy atom. The predicted molar refractivity (Wildman–Crippen MR) is 60.7 cm³/mol. The molecule has 0 saturated carbocycles. The van der Waals surface area contributed by atoms with Crippen LogP contribution in [-0.4, -0.2) is 28.6 Å². The van der Waals surface area contributed by atoms with Crippen LogP contribution >= 0.6 is 11.3 Å². The predicted octanol–water partition coefficient (Wildman–Crippen LogP) is 1.04. The zero-order valence-electron chi connectivity index (χ0n) is 8.54. The summed E-state index contributed by atoms with van der Waals surface area (Å²) in [6.45, 7) is -0.575. The Kier molecular flexibility index (Phi) is 3.31. The molecule has 0 aliphatic heterocycles. The highest BCUT2D eigenvalue weighted by atomic mass is 32.1. The Morgan fingerprint density at radius 3 is 3.06 bits per heavy atom. The maximum absolute atomic E-state index is 11.5. The van der Waals surface area contributed by atoms with Gasteiger partial charge in [-0.05, 0) is 18.2 Å². The molecule has 0 fully saturated rings. The molecule has 0 aliphatic carbocycles. The highest BCUT2D eigenvalue weighted by Crippen LogP contribution is 2.18. The van der Waals surface area contributed by atoms with Crippen LogP contribution in [0, 0.1) is 0 Å². The number of amides is 1. The van der Waals surface area contributed by atoms with Crippen molar-refractivity contribution in [3.8, 4) is 0 Å². The van der Waals surface area contributed by atoms with E-state index in [9.17, 15) is 9.59 Å². The van der Waals surface area contributed by atoms with Gasteiger partial charge in [0.15, 0.2) is 6.61 Å². The summed E-state index contributed by atoms with van der Waals surface area (Å²) in [6, 6.07) is 4.99. The van der Waals surface area contributed by atoms with Crippen molar-refractivity contribution in [2.45, 2.75) is 0 Å². The molecular weight excluding hydrogens is 244 g/mol. The van der Waals surface area contributed by atoms with Crippen LogP contribution in [-0.2, 0) is 9.63 Å². The minimum Gasteiger partial charge on any atom is -0.479 e. The van der Waals surface area contributed by atoms with Gasteiger partial charge in [-0.15, -0.1) is 11.3 Å². The summed E-state index contributed by atoms with van der Waals surface area (Å²) in [5, 5.41) is 8.33. The highest BCUT2D eigenvalue weighted by Gasteiger charge is 2.08. The van der Waals surface area contributed by atoms with Crippen molar-refractivity contribution in [2.24, 2.45) is 0 Å². The van der Waals surface area contributed by atoms with Crippen LogP contribution in [0.1, 0.15) is 10.4 Å². The number of hydrogen-bond acceptors (Lipinski definition) is 5. The van der Waals surface area contributed by atoms with E-state index in [0.717, 1.165) is 10.2 Å². The van der Waals surface area contributed by atoms with E-state index in [1.807, 2.05) is 0 Å². The summed E-state index contributed by atoms with van der Waals surface area (Å²) in [6.07, 6.45) is 0. The molecule has 0 saturated heterocycles. The van der Waals surface area contributed by atoms with Gasteiger partial charge >= 0.3 is 5.97 Å². The number of hydrogen-bond donors (Lipinski definition) is 2. The Balaban J connectivity index is 2.05. The highest BCUT2D eigenvalue weighted by molar-refractivity contribution is 7.16. The Labute approximate surface area is 99.8 Å². The molecule has 1 heterocycles. The van der Waals surface area contributed by atoms with Gasteiger partial charge in [-0.25, -0.2) is 15.3 Å². The Bertz CT molecular complexity index is 566. The van der Waals surface area contributed by atoms with Crippen LogP contribution in [0.4, 0.5) is 0 Å². The fourth-order valence-corrected chi connectivity index (χ4v) is 1.93. The van der Waals surface area contributed by atoms with Gasteiger partial charge in [-0.3, -0.25) is 9.63 Å². The number of nitrogens with zero attached hydrogens (tertiary/aromatic N) is 1. The molecular formula is C10H8N2O4S. The second-order valence-corrected chi connectivity index (χ2v) is 4.03.